The summed E-state index contributed by atoms with van der Waals surface area (Å²) in [6.07, 6.45) is 1.57. The van der Waals surface area contributed by atoms with E-state index in [9.17, 15) is 0 Å². The molecule has 1 aromatic heterocycles. The van der Waals surface area contributed by atoms with Gasteiger partial charge in [0.2, 0.25) is 5.95 Å². The highest BCUT2D eigenvalue weighted by Crippen LogP contribution is 2.43. The number of anilines is 1. The van der Waals surface area contributed by atoms with E-state index in [1.165, 1.54) is 0 Å². The SMILES string of the molecule is Clc1ccc([C@@H]2C3=C(Nc4ncnn42)c2ccccc2OC3)cc1. The van der Waals surface area contributed by atoms with Crippen molar-refractivity contribution in [3.8, 4) is 5.75 Å². The average molecular weight is 337 g/mol. The quantitative estimate of drug-likeness (QED) is 0.735. The van der Waals surface area contributed by atoms with Gasteiger partial charge >= 0.3 is 0 Å². The molecule has 0 amide bonds. The molecule has 0 radical (unpaired) electrons. The molecule has 0 unspecified atom stereocenters. The number of hydrogen-bond acceptors (Lipinski definition) is 4. The Morgan fingerprint density at radius 2 is 1.96 bits per heavy atom. The molecule has 3 heterocycles. The van der Waals surface area contributed by atoms with Crippen LogP contribution in [0.4, 0.5) is 5.95 Å². The monoisotopic (exact) mass is 336 g/mol. The van der Waals surface area contributed by atoms with Crippen molar-refractivity contribution in [1.82, 2.24) is 14.8 Å². The lowest BCUT2D eigenvalue weighted by atomic mass is 9.92. The number of para-hydroxylation sites is 1. The molecule has 0 saturated heterocycles. The second-order valence-electron chi connectivity index (χ2n) is 5.79. The lowest BCUT2D eigenvalue weighted by molar-refractivity contribution is 0.328. The van der Waals surface area contributed by atoms with Crippen molar-refractivity contribution in [1.29, 1.82) is 0 Å². The Balaban J connectivity index is 1.73. The molecule has 0 spiro atoms. The summed E-state index contributed by atoms with van der Waals surface area (Å²) in [6, 6.07) is 15.8. The van der Waals surface area contributed by atoms with Gasteiger partial charge < -0.3 is 10.1 Å². The number of ether oxygens (including phenoxy) is 1. The molecular weight excluding hydrogens is 324 g/mol. The number of rotatable bonds is 1. The third kappa shape index (κ3) is 1.95. The van der Waals surface area contributed by atoms with Crippen molar-refractivity contribution in [2.75, 3.05) is 11.9 Å². The molecule has 2 aliphatic rings. The summed E-state index contributed by atoms with van der Waals surface area (Å²) in [5.74, 6) is 1.61. The topological polar surface area (TPSA) is 52.0 Å². The second-order valence-corrected chi connectivity index (χ2v) is 6.23. The summed E-state index contributed by atoms with van der Waals surface area (Å²) in [4.78, 5) is 4.35. The summed E-state index contributed by atoms with van der Waals surface area (Å²) in [5.41, 5.74) is 4.33. The van der Waals surface area contributed by atoms with Gasteiger partial charge in [-0.2, -0.15) is 10.1 Å². The van der Waals surface area contributed by atoms with Crippen molar-refractivity contribution < 1.29 is 4.74 Å². The molecule has 1 atom stereocenters. The van der Waals surface area contributed by atoms with Crippen LogP contribution in [0.15, 0.2) is 60.4 Å². The largest absolute Gasteiger partial charge is 0.488 e. The van der Waals surface area contributed by atoms with Crippen LogP contribution in [-0.4, -0.2) is 21.4 Å². The maximum Gasteiger partial charge on any atom is 0.226 e. The van der Waals surface area contributed by atoms with E-state index in [0.29, 0.717) is 11.6 Å². The van der Waals surface area contributed by atoms with E-state index in [-0.39, 0.29) is 6.04 Å². The third-order valence-electron chi connectivity index (χ3n) is 4.43. The number of nitrogens with zero attached hydrogens (tertiary/aromatic N) is 3. The van der Waals surface area contributed by atoms with Crippen molar-refractivity contribution in [3.05, 3.63) is 76.6 Å². The van der Waals surface area contributed by atoms with Crippen molar-refractivity contribution in [2.45, 2.75) is 6.04 Å². The van der Waals surface area contributed by atoms with Gasteiger partial charge in [-0.1, -0.05) is 35.9 Å². The Morgan fingerprint density at radius 3 is 2.83 bits per heavy atom. The first-order chi connectivity index (χ1) is 11.8. The third-order valence-corrected chi connectivity index (χ3v) is 4.68. The van der Waals surface area contributed by atoms with Gasteiger partial charge in [0.15, 0.2) is 0 Å². The molecule has 5 rings (SSSR count). The highest BCUT2D eigenvalue weighted by atomic mass is 35.5. The van der Waals surface area contributed by atoms with E-state index in [2.05, 4.69) is 21.5 Å². The molecule has 6 heteroatoms. The van der Waals surface area contributed by atoms with Crippen molar-refractivity contribution in [3.63, 3.8) is 0 Å². The van der Waals surface area contributed by atoms with Crippen LogP contribution in [-0.2, 0) is 0 Å². The molecule has 118 valence electrons. The molecule has 1 N–H and O–H groups in total. The predicted octanol–water partition coefficient (Wildman–Crippen LogP) is 3.75. The zero-order valence-corrected chi connectivity index (χ0v) is 13.4. The minimum atomic E-state index is -0.0654. The lowest BCUT2D eigenvalue weighted by Crippen LogP contribution is -2.30. The Bertz CT molecular complexity index is 961. The number of aromatic nitrogens is 3. The average Bonchev–Trinajstić information content (AvgIpc) is 3.09. The van der Waals surface area contributed by atoms with Gasteiger partial charge in [-0.3, -0.25) is 0 Å². The first-order valence-electron chi connectivity index (χ1n) is 7.68. The zero-order valence-electron chi connectivity index (χ0n) is 12.6. The Kier molecular flexibility index (Phi) is 2.90. The molecule has 24 heavy (non-hydrogen) atoms. The summed E-state index contributed by atoms with van der Waals surface area (Å²) in [5, 5.41) is 8.53. The maximum absolute atomic E-state index is 6.05. The molecule has 5 nitrogen and oxygen atoms in total. The smallest absolute Gasteiger partial charge is 0.226 e. The lowest BCUT2D eigenvalue weighted by Gasteiger charge is -2.34. The minimum Gasteiger partial charge on any atom is -0.488 e. The minimum absolute atomic E-state index is 0.0654. The van der Waals surface area contributed by atoms with Gasteiger partial charge in [0.1, 0.15) is 24.7 Å². The predicted molar refractivity (Wildman–Crippen MR) is 92.1 cm³/mol. The molecule has 2 aromatic carbocycles. The van der Waals surface area contributed by atoms with Gasteiger partial charge in [-0.25, -0.2) is 4.68 Å². The van der Waals surface area contributed by atoms with Crippen LogP contribution in [0, 0.1) is 0 Å². The summed E-state index contributed by atoms with van der Waals surface area (Å²) in [7, 11) is 0. The van der Waals surface area contributed by atoms with E-state index in [4.69, 9.17) is 16.3 Å². The zero-order chi connectivity index (χ0) is 16.1. The number of benzene rings is 2. The van der Waals surface area contributed by atoms with Crippen LogP contribution in [0.5, 0.6) is 5.75 Å². The number of nitrogens with one attached hydrogen (secondary N) is 1. The normalized spacial score (nSPS) is 18.1. The standard InChI is InChI=1S/C18H13ClN4O/c19-12-7-5-11(6-8-12)17-14-9-24-15-4-2-1-3-13(15)16(14)22-18-20-10-21-23(17)18/h1-8,10,17H,9H2,(H,20,21,22)/t17-/m1/s1. The van der Waals surface area contributed by atoms with Gasteiger partial charge in [0, 0.05) is 16.2 Å². The molecule has 0 saturated carbocycles. The highest BCUT2D eigenvalue weighted by Gasteiger charge is 2.34. The van der Waals surface area contributed by atoms with Gasteiger partial charge in [-0.15, -0.1) is 0 Å². The number of halogens is 1. The van der Waals surface area contributed by atoms with Crippen LogP contribution in [0.25, 0.3) is 5.70 Å². The first-order valence-corrected chi connectivity index (χ1v) is 8.06. The number of fused-ring (bicyclic) bond motifs is 3. The van der Waals surface area contributed by atoms with Gasteiger partial charge in [-0.05, 0) is 29.8 Å². The fraction of sp³-hybridized carbons (Fsp3) is 0.111. The first kappa shape index (κ1) is 13.6. The maximum atomic E-state index is 6.05. The van der Waals surface area contributed by atoms with Gasteiger partial charge in [0.25, 0.3) is 0 Å². The van der Waals surface area contributed by atoms with Crippen LogP contribution < -0.4 is 10.1 Å². The van der Waals surface area contributed by atoms with E-state index >= 15 is 0 Å². The van der Waals surface area contributed by atoms with Crippen LogP contribution in [0.2, 0.25) is 5.02 Å². The molecule has 0 aliphatic carbocycles. The van der Waals surface area contributed by atoms with Crippen molar-refractivity contribution in [2.24, 2.45) is 0 Å². The fourth-order valence-electron chi connectivity index (χ4n) is 3.34. The Morgan fingerprint density at radius 1 is 1.12 bits per heavy atom. The fourth-order valence-corrected chi connectivity index (χ4v) is 3.46. The molecule has 3 aromatic rings. The molecular formula is C18H13ClN4O. The summed E-state index contributed by atoms with van der Waals surface area (Å²) < 4.78 is 7.86. The molecule has 2 aliphatic heterocycles. The number of hydrogen-bond donors (Lipinski definition) is 1. The van der Waals surface area contributed by atoms with Crippen LogP contribution in [0.3, 0.4) is 0 Å². The molecule has 0 bridgehead atoms. The van der Waals surface area contributed by atoms with Crippen LogP contribution >= 0.6 is 11.6 Å². The highest BCUT2D eigenvalue weighted by molar-refractivity contribution is 6.30. The summed E-state index contributed by atoms with van der Waals surface area (Å²) >= 11 is 6.05. The summed E-state index contributed by atoms with van der Waals surface area (Å²) in [6.45, 7) is 0.506. The Labute approximate surface area is 143 Å². The van der Waals surface area contributed by atoms with Crippen LogP contribution in [0.1, 0.15) is 17.2 Å². The van der Waals surface area contributed by atoms with E-state index in [0.717, 1.165) is 34.1 Å². The van der Waals surface area contributed by atoms with E-state index in [1.54, 1.807) is 6.33 Å². The molecule has 0 fully saturated rings. The van der Waals surface area contributed by atoms with Crippen molar-refractivity contribution >= 4 is 23.2 Å². The van der Waals surface area contributed by atoms with Gasteiger partial charge in [0.05, 0.1) is 5.70 Å². The second kappa shape index (κ2) is 5.11. The van der Waals surface area contributed by atoms with E-state index < -0.39 is 0 Å². The Hall–Kier alpha value is -2.79. The van der Waals surface area contributed by atoms with E-state index in [1.807, 2.05) is 47.1 Å².